The first kappa shape index (κ1) is 24.9. The zero-order chi connectivity index (χ0) is 23.1. The van der Waals surface area contributed by atoms with E-state index in [1.165, 1.54) is 6.42 Å². The van der Waals surface area contributed by atoms with E-state index in [2.05, 4.69) is 51.9 Å². The average molecular weight is 522 g/mol. The molecule has 0 spiro atoms. The van der Waals surface area contributed by atoms with Crippen molar-refractivity contribution in [2.45, 2.75) is 82.6 Å². The molecule has 7 heteroatoms. The molecule has 0 atom stereocenters. The van der Waals surface area contributed by atoms with Gasteiger partial charge in [-0.2, -0.15) is 0 Å². The predicted octanol–water partition coefficient (Wildman–Crippen LogP) is 5.76. The molecule has 1 aliphatic carbocycles. The lowest BCUT2D eigenvalue weighted by atomic mass is 9.96. The number of halogens is 1. The molecule has 2 aromatic rings. The van der Waals surface area contributed by atoms with Crippen molar-refractivity contribution in [3.63, 3.8) is 0 Å². The number of hydrogen-bond acceptors (Lipinski definition) is 3. The third kappa shape index (κ3) is 6.65. The largest absolute Gasteiger partial charge is 0.326 e. The van der Waals surface area contributed by atoms with Crippen LogP contribution in [0.25, 0.3) is 0 Å². The number of benzene rings is 2. The molecule has 0 radical (unpaired) electrons. The van der Waals surface area contributed by atoms with Crippen molar-refractivity contribution in [1.82, 2.24) is 4.72 Å². The highest BCUT2D eigenvalue weighted by molar-refractivity contribution is 9.10. The van der Waals surface area contributed by atoms with Crippen LogP contribution in [0.3, 0.4) is 0 Å². The molecule has 2 aromatic carbocycles. The van der Waals surface area contributed by atoms with Crippen LogP contribution in [0, 0.1) is 0 Å². The van der Waals surface area contributed by atoms with Crippen LogP contribution in [-0.4, -0.2) is 20.4 Å². The molecule has 0 aromatic heterocycles. The van der Waals surface area contributed by atoms with Gasteiger partial charge in [0, 0.05) is 22.6 Å². The second kappa shape index (κ2) is 11.4. The Kier molecular flexibility index (Phi) is 8.91. The molecule has 2 N–H and O–H groups in total. The first-order valence-electron chi connectivity index (χ1n) is 11.5. The molecule has 174 valence electrons. The summed E-state index contributed by atoms with van der Waals surface area (Å²) in [7, 11) is -3.50. The molecule has 0 heterocycles. The molecule has 3 rings (SSSR count). The minimum atomic E-state index is -3.50. The van der Waals surface area contributed by atoms with Gasteiger partial charge in [-0.3, -0.25) is 4.79 Å². The molecule has 0 aliphatic heterocycles. The number of hydrogen-bond donors (Lipinski definition) is 2. The van der Waals surface area contributed by atoms with Crippen molar-refractivity contribution in [3.05, 3.63) is 57.6 Å². The second-order valence-electron chi connectivity index (χ2n) is 8.45. The normalized spacial score (nSPS) is 15.0. The number of nitrogens with one attached hydrogen (secondary N) is 2. The summed E-state index contributed by atoms with van der Waals surface area (Å²) >= 11 is 3.54. The average Bonchev–Trinajstić information content (AvgIpc) is 2.79. The number of amides is 1. The topological polar surface area (TPSA) is 75.3 Å². The Labute approximate surface area is 200 Å². The minimum absolute atomic E-state index is 0.0348. The van der Waals surface area contributed by atoms with Crippen molar-refractivity contribution >= 4 is 37.5 Å². The lowest BCUT2D eigenvalue weighted by molar-refractivity contribution is -0.116. The van der Waals surface area contributed by atoms with Crippen molar-refractivity contribution in [2.75, 3.05) is 5.32 Å². The van der Waals surface area contributed by atoms with Crippen LogP contribution >= 0.6 is 15.9 Å². The number of aryl methyl sites for hydroxylation is 3. The fraction of sp³-hybridized carbons (Fsp3) is 0.480. The summed E-state index contributed by atoms with van der Waals surface area (Å²) in [6, 6.07) is 11.0. The number of carbonyl (C=O) groups is 1. The summed E-state index contributed by atoms with van der Waals surface area (Å²) in [5.41, 5.74) is 4.09. The van der Waals surface area contributed by atoms with Crippen molar-refractivity contribution < 1.29 is 13.2 Å². The fourth-order valence-corrected chi connectivity index (χ4v) is 6.10. The molecule has 1 amide bonds. The van der Waals surface area contributed by atoms with Gasteiger partial charge in [0.25, 0.3) is 0 Å². The van der Waals surface area contributed by atoms with Gasteiger partial charge in [-0.15, -0.1) is 0 Å². The standard InChI is InChI=1S/C25H33BrN2O3S/c1-3-19-16-21(26)17-20(4-2)25(19)27-24(29)15-12-18-10-13-23(14-11-18)32(30,31)28-22-8-6-5-7-9-22/h10-11,13-14,16-17,22,28H,3-9,12,15H2,1-2H3,(H,27,29). The quantitative estimate of drug-likeness (QED) is 0.441. The van der Waals surface area contributed by atoms with E-state index in [0.717, 1.165) is 65.4 Å². The van der Waals surface area contributed by atoms with Crippen molar-refractivity contribution in [3.8, 4) is 0 Å². The summed E-state index contributed by atoms with van der Waals surface area (Å²) < 4.78 is 29.2. The number of anilines is 1. The Balaban J connectivity index is 1.59. The van der Waals surface area contributed by atoms with E-state index >= 15 is 0 Å². The molecule has 5 nitrogen and oxygen atoms in total. The third-order valence-electron chi connectivity index (χ3n) is 6.09. The van der Waals surface area contributed by atoms with Crippen LogP contribution in [0.4, 0.5) is 5.69 Å². The van der Waals surface area contributed by atoms with Gasteiger partial charge in [0.1, 0.15) is 0 Å². The Morgan fingerprint density at radius 1 is 1.00 bits per heavy atom. The number of rotatable bonds is 9. The lowest BCUT2D eigenvalue weighted by Crippen LogP contribution is -2.36. The molecular formula is C25H33BrN2O3S. The predicted molar refractivity (Wildman–Crippen MR) is 133 cm³/mol. The van der Waals surface area contributed by atoms with E-state index in [4.69, 9.17) is 0 Å². The van der Waals surface area contributed by atoms with Gasteiger partial charge in [0.2, 0.25) is 15.9 Å². The summed E-state index contributed by atoms with van der Waals surface area (Å²) in [5.74, 6) is -0.0348. The van der Waals surface area contributed by atoms with Gasteiger partial charge >= 0.3 is 0 Å². The maximum atomic E-state index is 12.6. The van der Waals surface area contributed by atoms with Crippen LogP contribution in [-0.2, 0) is 34.1 Å². The van der Waals surface area contributed by atoms with Crippen LogP contribution in [0.15, 0.2) is 45.8 Å². The summed E-state index contributed by atoms with van der Waals surface area (Å²) in [6.45, 7) is 4.16. The van der Waals surface area contributed by atoms with Crippen LogP contribution in [0.5, 0.6) is 0 Å². The number of sulfonamides is 1. The first-order valence-corrected chi connectivity index (χ1v) is 13.8. The van der Waals surface area contributed by atoms with Crippen LogP contribution < -0.4 is 10.0 Å². The smallest absolute Gasteiger partial charge is 0.240 e. The van der Waals surface area contributed by atoms with Crippen molar-refractivity contribution in [2.24, 2.45) is 0 Å². The minimum Gasteiger partial charge on any atom is -0.326 e. The maximum absolute atomic E-state index is 12.6. The highest BCUT2D eigenvalue weighted by Gasteiger charge is 2.21. The second-order valence-corrected chi connectivity index (χ2v) is 11.1. The molecule has 1 saturated carbocycles. The van der Waals surface area contributed by atoms with Gasteiger partial charge in [0.15, 0.2) is 0 Å². The lowest BCUT2D eigenvalue weighted by Gasteiger charge is -2.22. The molecular weight excluding hydrogens is 488 g/mol. The van der Waals surface area contributed by atoms with E-state index in [1.54, 1.807) is 24.3 Å². The van der Waals surface area contributed by atoms with E-state index < -0.39 is 10.0 Å². The highest BCUT2D eigenvalue weighted by Crippen LogP contribution is 2.28. The summed E-state index contributed by atoms with van der Waals surface area (Å²) in [4.78, 5) is 12.9. The Hall–Kier alpha value is -1.70. The Morgan fingerprint density at radius 2 is 1.59 bits per heavy atom. The first-order chi connectivity index (χ1) is 15.3. The van der Waals surface area contributed by atoms with Gasteiger partial charge in [-0.05, 0) is 73.1 Å². The van der Waals surface area contributed by atoms with E-state index in [0.29, 0.717) is 12.8 Å². The van der Waals surface area contributed by atoms with E-state index in [-0.39, 0.29) is 16.8 Å². The zero-order valence-corrected chi connectivity index (χ0v) is 21.3. The molecule has 0 unspecified atom stereocenters. The van der Waals surface area contributed by atoms with Crippen LogP contribution in [0.2, 0.25) is 0 Å². The molecule has 0 bridgehead atoms. The van der Waals surface area contributed by atoms with E-state index in [9.17, 15) is 13.2 Å². The zero-order valence-electron chi connectivity index (χ0n) is 18.9. The Bertz CT molecular complexity index is 1000. The van der Waals surface area contributed by atoms with Gasteiger partial charge < -0.3 is 5.32 Å². The fourth-order valence-electron chi connectivity index (χ4n) is 4.25. The summed E-state index contributed by atoms with van der Waals surface area (Å²) in [6.07, 6.45) is 7.73. The molecule has 0 saturated heterocycles. The van der Waals surface area contributed by atoms with Gasteiger partial charge in [0.05, 0.1) is 4.90 Å². The van der Waals surface area contributed by atoms with Gasteiger partial charge in [-0.25, -0.2) is 13.1 Å². The van der Waals surface area contributed by atoms with Crippen LogP contribution in [0.1, 0.15) is 69.1 Å². The van der Waals surface area contributed by atoms with E-state index in [1.807, 2.05) is 0 Å². The molecule has 1 fully saturated rings. The third-order valence-corrected chi connectivity index (χ3v) is 8.09. The monoisotopic (exact) mass is 520 g/mol. The highest BCUT2D eigenvalue weighted by atomic mass is 79.9. The van der Waals surface area contributed by atoms with Crippen molar-refractivity contribution in [1.29, 1.82) is 0 Å². The molecule has 1 aliphatic rings. The molecule has 32 heavy (non-hydrogen) atoms. The number of carbonyl (C=O) groups excluding carboxylic acids is 1. The Morgan fingerprint density at radius 3 is 2.16 bits per heavy atom. The van der Waals surface area contributed by atoms with Gasteiger partial charge in [-0.1, -0.05) is 61.2 Å². The summed E-state index contributed by atoms with van der Waals surface area (Å²) in [5, 5.41) is 3.09. The maximum Gasteiger partial charge on any atom is 0.240 e. The SMILES string of the molecule is CCc1cc(Br)cc(CC)c1NC(=O)CCc1ccc(S(=O)(=O)NC2CCCCC2)cc1.